The summed E-state index contributed by atoms with van der Waals surface area (Å²) < 4.78 is 37.7. The summed E-state index contributed by atoms with van der Waals surface area (Å²) in [6, 6.07) is 7.53. The zero-order valence-corrected chi connectivity index (χ0v) is 16.1. The zero-order chi connectivity index (χ0) is 21.7. The highest BCUT2D eigenvalue weighted by Crippen LogP contribution is 2.30. The molecular formula is C20H20F2N4O4. The van der Waals surface area contributed by atoms with Gasteiger partial charge in [-0.3, -0.25) is 4.79 Å². The first-order chi connectivity index (χ1) is 14.3. The summed E-state index contributed by atoms with van der Waals surface area (Å²) in [7, 11) is 0. The molecule has 8 nitrogen and oxygen atoms in total. The molecule has 0 saturated heterocycles. The van der Waals surface area contributed by atoms with Crippen LogP contribution < -0.4 is 14.8 Å². The number of pyridine rings is 1. The minimum absolute atomic E-state index is 0.00103. The SMILES string of the molecule is C=CC(=O)NCc1nn(-c2ccc(OC(C)(F)F)cc2)c2nccc(OCCO)c12. The van der Waals surface area contributed by atoms with E-state index in [2.05, 4.69) is 26.7 Å². The number of carbonyl (C=O) groups is 1. The number of carbonyl (C=O) groups excluding carboxylic acids is 1. The Labute approximate surface area is 170 Å². The van der Waals surface area contributed by atoms with E-state index < -0.39 is 6.11 Å². The number of rotatable bonds is 9. The maximum atomic E-state index is 13.0. The van der Waals surface area contributed by atoms with E-state index in [0.29, 0.717) is 35.1 Å². The fraction of sp³-hybridized carbons (Fsp3) is 0.250. The summed E-state index contributed by atoms with van der Waals surface area (Å²) in [6.45, 7) is 4.04. The lowest BCUT2D eigenvalue weighted by molar-refractivity contribution is -0.158. The summed E-state index contributed by atoms with van der Waals surface area (Å²) >= 11 is 0. The Morgan fingerprint density at radius 2 is 2.07 bits per heavy atom. The van der Waals surface area contributed by atoms with E-state index in [1.807, 2.05) is 0 Å². The second-order valence-corrected chi connectivity index (χ2v) is 6.26. The van der Waals surface area contributed by atoms with Crippen LogP contribution in [-0.4, -0.2) is 45.1 Å². The van der Waals surface area contributed by atoms with E-state index in [4.69, 9.17) is 9.84 Å². The fourth-order valence-corrected chi connectivity index (χ4v) is 2.77. The molecule has 10 heteroatoms. The molecule has 3 rings (SSSR count). The molecular weight excluding hydrogens is 398 g/mol. The first kappa shape index (κ1) is 21.2. The molecule has 2 aromatic heterocycles. The largest absolute Gasteiger partial charge is 0.490 e. The molecule has 1 amide bonds. The average Bonchev–Trinajstić information content (AvgIpc) is 3.09. The van der Waals surface area contributed by atoms with Gasteiger partial charge in [-0.1, -0.05) is 6.58 Å². The number of fused-ring (bicyclic) bond motifs is 1. The highest BCUT2D eigenvalue weighted by atomic mass is 19.3. The summed E-state index contributed by atoms with van der Waals surface area (Å²) in [4.78, 5) is 15.9. The Balaban J connectivity index is 2.03. The third-order valence-corrected chi connectivity index (χ3v) is 3.95. The van der Waals surface area contributed by atoms with Crippen LogP contribution in [0.3, 0.4) is 0 Å². The van der Waals surface area contributed by atoms with Crippen LogP contribution in [0.2, 0.25) is 0 Å². The van der Waals surface area contributed by atoms with Crippen molar-refractivity contribution in [3.8, 4) is 17.2 Å². The van der Waals surface area contributed by atoms with Gasteiger partial charge in [-0.2, -0.15) is 13.9 Å². The number of hydrogen-bond acceptors (Lipinski definition) is 6. The minimum Gasteiger partial charge on any atom is -0.490 e. The zero-order valence-electron chi connectivity index (χ0n) is 16.1. The van der Waals surface area contributed by atoms with Gasteiger partial charge in [0.05, 0.1) is 29.9 Å². The molecule has 2 N–H and O–H groups in total. The number of aliphatic hydroxyl groups excluding tert-OH is 1. The molecule has 0 saturated carbocycles. The molecule has 0 atom stereocenters. The van der Waals surface area contributed by atoms with Crippen molar-refractivity contribution in [1.29, 1.82) is 0 Å². The third-order valence-electron chi connectivity index (χ3n) is 3.95. The Hall–Kier alpha value is -3.53. The number of hydrogen-bond donors (Lipinski definition) is 2. The maximum absolute atomic E-state index is 13.0. The van der Waals surface area contributed by atoms with Crippen LogP contribution in [0.5, 0.6) is 11.5 Å². The molecule has 1 aromatic carbocycles. The maximum Gasteiger partial charge on any atom is 0.394 e. The summed E-state index contributed by atoms with van der Waals surface area (Å²) in [5, 5.41) is 16.8. The first-order valence-corrected chi connectivity index (χ1v) is 9.00. The van der Waals surface area contributed by atoms with Crippen molar-refractivity contribution in [3.05, 3.63) is 54.9 Å². The fourth-order valence-electron chi connectivity index (χ4n) is 2.77. The number of amides is 1. The molecule has 0 fully saturated rings. The molecule has 158 valence electrons. The van der Waals surface area contributed by atoms with Crippen LogP contribution in [0.25, 0.3) is 16.7 Å². The van der Waals surface area contributed by atoms with Crippen LogP contribution in [0.4, 0.5) is 8.78 Å². The predicted molar refractivity (Wildman–Crippen MR) is 105 cm³/mol. The lowest BCUT2D eigenvalue weighted by Gasteiger charge is -2.13. The van der Waals surface area contributed by atoms with Gasteiger partial charge >= 0.3 is 6.11 Å². The van der Waals surface area contributed by atoms with Crippen LogP contribution in [-0.2, 0) is 11.3 Å². The molecule has 3 aromatic rings. The number of ether oxygens (including phenoxy) is 2. The minimum atomic E-state index is -3.29. The van der Waals surface area contributed by atoms with Gasteiger partial charge in [0.2, 0.25) is 5.91 Å². The molecule has 30 heavy (non-hydrogen) atoms. The standard InChI is InChI=1S/C20H20F2N4O4/c1-3-17(28)24-12-15-18-16(29-11-10-27)8-9-23-19(18)26(25-15)13-4-6-14(7-5-13)30-20(2,21)22/h3-9,27H,1,10-12H2,2H3,(H,24,28). The molecule has 0 radical (unpaired) electrons. The second-order valence-electron chi connectivity index (χ2n) is 6.26. The van der Waals surface area contributed by atoms with Crippen molar-refractivity contribution >= 4 is 16.9 Å². The van der Waals surface area contributed by atoms with Gasteiger partial charge in [0, 0.05) is 13.1 Å². The first-order valence-electron chi connectivity index (χ1n) is 9.00. The molecule has 0 bridgehead atoms. The van der Waals surface area contributed by atoms with Crippen molar-refractivity contribution in [2.45, 2.75) is 19.6 Å². The van der Waals surface area contributed by atoms with Gasteiger partial charge in [-0.05, 0) is 36.4 Å². The van der Waals surface area contributed by atoms with Crippen molar-refractivity contribution in [1.82, 2.24) is 20.1 Å². The van der Waals surface area contributed by atoms with E-state index in [1.54, 1.807) is 18.2 Å². The number of benzene rings is 1. The van der Waals surface area contributed by atoms with Crippen LogP contribution in [0.1, 0.15) is 12.6 Å². The van der Waals surface area contributed by atoms with Crippen molar-refractivity contribution in [2.24, 2.45) is 0 Å². The smallest absolute Gasteiger partial charge is 0.394 e. The summed E-state index contributed by atoms with van der Waals surface area (Å²) in [5.41, 5.74) is 1.45. The van der Waals surface area contributed by atoms with E-state index in [-0.39, 0.29) is 31.4 Å². The monoisotopic (exact) mass is 418 g/mol. The molecule has 0 unspecified atom stereocenters. The number of aromatic nitrogens is 3. The number of halogens is 2. The van der Waals surface area contributed by atoms with Crippen molar-refractivity contribution in [3.63, 3.8) is 0 Å². The summed E-state index contributed by atoms with van der Waals surface area (Å²) in [5.74, 6) is 0.0660. The second kappa shape index (κ2) is 8.87. The normalized spacial score (nSPS) is 11.3. The van der Waals surface area contributed by atoms with Crippen LogP contribution in [0, 0.1) is 0 Å². The van der Waals surface area contributed by atoms with E-state index in [0.717, 1.165) is 6.08 Å². The average molecular weight is 418 g/mol. The number of aliphatic hydroxyl groups is 1. The lowest BCUT2D eigenvalue weighted by atomic mass is 10.2. The van der Waals surface area contributed by atoms with Crippen LogP contribution >= 0.6 is 0 Å². The number of nitrogens with one attached hydrogen (secondary N) is 1. The van der Waals surface area contributed by atoms with Gasteiger partial charge in [0.25, 0.3) is 0 Å². The molecule has 0 aliphatic heterocycles. The van der Waals surface area contributed by atoms with Gasteiger partial charge in [0.15, 0.2) is 5.65 Å². The Morgan fingerprint density at radius 3 is 2.70 bits per heavy atom. The number of alkyl halides is 2. The highest BCUT2D eigenvalue weighted by molar-refractivity contribution is 5.89. The topological polar surface area (TPSA) is 98.5 Å². The van der Waals surface area contributed by atoms with Gasteiger partial charge in [-0.15, -0.1) is 0 Å². The summed E-state index contributed by atoms with van der Waals surface area (Å²) in [6.07, 6.45) is -0.631. The van der Waals surface area contributed by atoms with E-state index in [9.17, 15) is 13.6 Å². The van der Waals surface area contributed by atoms with Crippen LogP contribution in [0.15, 0.2) is 49.2 Å². The highest BCUT2D eigenvalue weighted by Gasteiger charge is 2.23. The van der Waals surface area contributed by atoms with Gasteiger partial charge in [0.1, 0.15) is 18.1 Å². The lowest BCUT2D eigenvalue weighted by Crippen LogP contribution is -2.20. The molecule has 0 aliphatic rings. The Kier molecular flexibility index (Phi) is 6.26. The van der Waals surface area contributed by atoms with Gasteiger partial charge < -0.3 is 19.9 Å². The molecule has 2 heterocycles. The van der Waals surface area contributed by atoms with E-state index in [1.165, 1.54) is 23.0 Å². The van der Waals surface area contributed by atoms with Crippen molar-refractivity contribution < 1.29 is 28.2 Å². The Morgan fingerprint density at radius 1 is 1.33 bits per heavy atom. The van der Waals surface area contributed by atoms with Gasteiger partial charge in [-0.25, -0.2) is 9.67 Å². The molecule has 0 spiro atoms. The van der Waals surface area contributed by atoms with Crippen molar-refractivity contribution in [2.75, 3.05) is 13.2 Å². The Bertz CT molecular complexity index is 1050. The quantitative estimate of drug-likeness (QED) is 0.519. The predicted octanol–water partition coefficient (Wildman–Crippen LogP) is 2.59. The number of nitrogens with zero attached hydrogens (tertiary/aromatic N) is 3. The third kappa shape index (κ3) is 4.90. The molecule has 0 aliphatic carbocycles. The van der Waals surface area contributed by atoms with E-state index >= 15 is 0 Å².